The highest BCUT2D eigenvalue weighted by atomic mass is 32.2. The van der Waals surface area contributed by atoms with E-state index in [1.807, 2.05) is 6.07 Å². The van der Waals surface area contributed by atoms with E-state index in [1.54, 1.807) is 31.4 Å². The van der Waals surface area contributed by atoms with Gasteiger partial charge in [0.15, 0.2) is 16.7 Å². The zero-order valence-electron chi connectivity index (χ0n) is 16.9. The zero-order chi connectivity index (χ0) is 22.0. The normalized spacial score (nSPS) is 15.2. The third-order valence-electron chi connectivity index (χ3n) is 5.03. The number of hydrogen-bond acceptors (Lipinski definition) is 6. The summed E-state index contributed by atoms with van der Waals surface area (Å²) in [5.74, 6) is 0.833. The van der Waals surface area contributed by atoms with Gasteiger partial charge in [0, 0.05) is 18.1 Å². The molecule has 1 amide bonds. The molecule has 2 N–H and O–H groups in total. The monoisotopic (exact) mass is 441 g/mol. The number of nitrogens with one attached hydrogen (secondary N) is 2. The van der Waals surface area contributed by atoms with Crippen LogP contribution >= 0.6 is 11.8 Å². The fourth-order valence-electron chi connectivity index (χ4n) is 3.51. The summed E-state index contributed by atoms with van der Waals surface area (Å²) < 4.78 is 23.7. The molecule has 1 aliphatic rings. The zero-order valence-corrected chi connectivity index (χ0v) is 17.7. The predicted octanol–water partition coefficient (Wildman–Crippen LogP) is 3.69. The Morgan fingerprint density at radius 2 is 1.84 bits per heavy atom. The molecular weight excluding hydrogens is 421 g/mol. The van der Waals surface area contributed by atoms with Crippen molar-refractivity contribution < 1.29 is 18.7 Å². The molecule has 1 atom stereocenters. The van der Waals surface area contributed by atoms with Gasteiger partial charge in [0.1, 0.15) is 11.6 Å². The molecule has 1 aromatic heterocycles. The Hall–Kier alpha value is -3.33. The molecule has 0 saturated carbocycles. The third-order valence-corrected chi connectivity index (χ3v) is 5.97. The first-order valence-electron chi connectivity index (χ1n) is 9.51. The second kappa shape index (κ2) is 8.81. The highest BCUT2D eigenvalue weighted by Gasteiger charge is 2.31. The minimum atomic E-state index is -0.462. The predicted molar refractivity (Wildman–Crippen MR) is 115 cm³/mol. The maximum absolute atomic E-state index is 13.1. The molecule has 2 aromatic carbocycles. The molecule has 4 rings (SSSR count). The number of thioether (sulfide) groups is 1. The summed E-state index contributed by atoms with van der Waals surface area (Å²) in [6.07, 6.45) is 0.120. The maximum Gasteiger partial charge on any atom is 0.257 e. The minimum Gasteiger partial charge on any atom is -0.493 e. The quantitative estimate of drug-likeness (QED) is 0.448. The molecule has 0 fully saturated rings. The largest absolute Gasteiger partial charge is 0.493 e. The van der Waals surface area contributed by atoms with Crippen LogP contribution in [0.3, 0.4) is 0 Å². The van der Waals surface area contributed by atoms with Gasteiger partial charge in [-0.3, -0.25) is 9.59 Å². The lowest BCUT2D eigenvalue weighted by Gasteiger charge is -2.25. The number of carbonyl (C=O) groups excluding carboxylic acids is 1. The van der Waals surface area contributed by atoms with E-state index in [-0.39, 0.29) is 29.5 Å². The molecule has 0 saturated heterocycles. The van der Waals surface area contributed by atoms with Gasteiger partial charge in [0.2, 0.25) is 5.91 Å². The number of H-pyrrole nitrogens is 1. The molecule has 3 aromatic rings. The van der Waals surface area contributed by atoms with Crippen LogP contribution < -0.4 is 20.3 Å². The molecule has 0 radical (unpaired) electrons. The molecule has 0 aliphatic carbocycles. The maximum atomic E-state index is 13.1. The van der Waals surface area contributed by atoms with Crippen LogP contribution in [0.25, 0.3) is 0 Å². The van der Waals surface area contributed by atoms with Crippen LogP contribution in [0.5, 0.6) is 11.5 Å². The average molecular weight is 441 g/mol. The Kier molecular flexibility index (Phi) is 5.94. The lowest BCUT2D eigenvalue weighted by Crippen LogP contribution is -2.31. The van der Waals surface area contributed by atoms with E-state index in [2.05, 4.69) is 15.3 Å². The number of nitrogens with zero attached hydrogens (tertiary/aromatic N) is 1. The van der Waals surface area contributed by atoms with Gasteiger partial charge in [-0.25, -0.2) is 9.37 Å². The number of ether oxygens (including phenoxy) is 2. The first kappa shape index (κ1) is 20.9. The summed E-state index contributed by atoms with van der Waals surface area (Å²) in [4.78, 5) is 32.6. The number of anilines is 1. The number of carbonyl (C=O) groups is 1. The van der Waals surface area contributed by atoms with Crippen LogP contribution in [-0.4, -0.2) is 30.1 Å². The van der Waals surface area contributed by atoms with Crippen molar-refractivity contribution in [3.8, 4) is 11.5 Å². The van der Waals surface area contributed by atoms with E-state index < -0.39 is 5.92 Å². The van der Waals surface area contributed by atoms with Crippen molar-refractivity contribution >= 4 is 23.5 Å². The lowest BCUT2D eigenvalue weighted by atomic mass is 9.86. The number of halogens is 1. The number of fused-ring (bicyclic) bond motifs is 1. The number of methoxy groups -OCH3 is 2. The molecule has 31 heavy (non-hydrogen) atoms. The van der Waals surface area contributed by atoms with Crippen LogP contribution in [0, 0.1) is 5.82 Å². The van der Waals surface area contributed by atoms with Crippen LogP contribution in [0.15, 0.2) is 52.4 Å². The SMILES string of the molecule is COc1ccc([C@H]2CC(=O)Nc3nc(SCc4ccc(F)cc4)[nH]c(=O)c32)cc1OC. The standard InChI is InChI=1S/C22H20FN3O4S/c1-29-16-8-5-13(9-17(16)30-2)15-10-18(27)24-20-19(15)21(28)26-22(25-20)31-11-12-3-6-14(23)7-4-12/h3-9,15H,10-11H2,1-2H3,(H2,24,25,26,27,28)/t15-/m1/s1. The van der Waals surface area contributed by atoms with Gasteiger partial charge >= 0.3 is 0 Å². The number of aromatic nitrogens is 2. The molecule has 0 bridgehead atoms. The highest BCUT2D eigenvalue weighted by molar-refractivity contribution is 7.98. The van der Waals surface area contributed by atoms with E-state index in [9.17, 15) is 14.0 Å². The summed E-state index contributed by atoms with van der Waals surface area (Å²) in [7, 11) is 3.07. The average Bonchev–Trinajstić information content (AvgIpc) is 2.77. The summed E-state index contributed by atoms with van der Waals surface area (Å²) in [6.45, 7) is 0. The van der Waals surface area contributed by atoms with Crippen molar-refractivity contribution in [1.82, 2.24) is 9.97 Å². The van der Waals surface area contributed by atoms with Gasteiger partial charge in [-0.15, -0.1) is 0 Å². The molecule has 9 heteroatoms. The number of rotatable bonds is 6. The van der Waals surface area contributed by atoms with E-state index in [1.165, 1.54) is 31.0 Å². The van der Waals surface area contributed by atoms with Gasteiger partial charge < -0.3 is 19.8 Å². The number of benzene rings is 2. The second-order valence-electron chi connectivity index (χ2n) is 6.97. The molecule has 2 heterocycles. The van der Waals surface area contributed by atoms with Crippen molar-refractivity contribution in [3.05, 3.63) is 75.3 Å². The highest BCUT2D eigenvalue weighted by Crippen LogP contribution is 2.38. The molecule has 7 nitrogen and oxygen atoms in total. The fourth-order valence-corrected chi connectivity index (χ4v) is 4.32. The molecule has 0 unspecified atom stereocenters. The van der Waals surface area contributed by atoms with Crippen molar-refractivity contribution in [2.45, 2.75) is 23.2 Å². The Morgan fingerprint density at radius 3 is 2.55 bits per heavy atom. The van der Waals surface area contributed by atoms with Crippen molar-refractivity contribution in [1.29, 1.82) is 0 Å². The first-order valence-corrected chi connectivity index (χ1v) is 10.5. The van der Waals surface area contributed by atoms with Crippen molar-refractivity contribution in [2.24, 2.45) is 0 Å². The van der Waals surface area contributed by atoms with E-state index in [0.717, 1.165) is 11.1 Å². The van der Waals surface area contributed by atoms with Crippen LogP contribution in [0.4, 0.5) is 10.2 Å². The van der Waals surface area contributed by atoms with E-state index in [4.69, 9.17) is 9.47 Å². The van der Waals surface area contributed by atoms with Crippen LogP contribution in [0.1, 0.15) is 29.0 Å². The Balaban J connectivity index is 1.65. The summed E-state index contributed by atoms with van der Waals surface area (Å²) in [6, 6.07) is 11.4. The molecule has 160 valence electrons. The Labute approximate surface area is 182 Å². The lowest BCUT2D eigenvalue weighted by molar-refractivity contribution is -0.116. The molecule has 0 spiro atoms. The summed E-state index contributed by atoms with van der Waals surface area (Å²) in [5, 5.41) is 3.08. The number of aromatic amines is 1. The van der Waals surface area contributed by atoms with Gasteiger partial charge in [0.05, 0.1) is 19.8 Å². The molecular formula is C22H20FN3O4S. The van der Waals surface area contributed by atoms with Crippen LogP contribution in [-0.2, 0) is 10.5 Å². The smallest absolute Gasteiger partial charge is 0.257 e. The Bertz CT molecular complexity index is 1180. The van der Waals surface area contributed by atoms with Gasteiger partial charge in [0.25, 0.3) is 5.56 Å². The second-order valence-corrected chi connectivity index (χ2v) is 7.93. The van der Waals surface area contributed by atoms with Crippen molar-refractivity contribution in [2.75, 3.05) is 19.5 Å². The van der Waals surface area contributed by atoms with Gasteiger partial charge in [-0.2, -0.15) is 0 Å². The van der Waals surface area contributed by atoms with Crippen LogP contribution in [0.2, 0.25) is 0 Å². The van der Waals surface area contributed by atoms with E-state index in [0.29, 0.717) is 28.0 Å². The van der Waals surface area contributed by atoms with Crippen molar-refractivity contribution in [3.63, 3.8) is 0 Å². The van der Waals surface area contributed by atoms with E-state index >= 15 is 0 Å². The van der Waals surface area contributed by atoms with Gasteiger partial charge in [-0.05, 0) is 35.4 Å². The summed E-state index contributed by atoms with van der Waals surface area (Å²) in [5.41, 5.74) is 1.73. The Morgan fingerprint density at radius 1 is 1.10 bits per heavy atom. The molecule has 1 aliphatic heterocycles. The third kappa shape index (κ3) is 4.41. The fraction of sp³-hybridized carbons (Fsp3) is 0.227. The minimum absolute atomic E-state index is 0.120. The van der Waals surface area contributed by atoms with Gasteiger partial charge in [-0.1, -0.05) is 30.0 Å². The first-order chi connectivity index (χ1) is 15.0. The summed E-state index contributed by atoms with van der Waals surface area (Å²) >= 11 is 1.30. The topological polar surface area (TPSA) is 93.3 Å². The number of hydrogen-bond donors (Lipinski definition) is 2. The number of amides is 1.